The molecule has 0 atom stereocenters. The number of methoxy groups -OCH3 is 2. The number of hydrogen-bond donors (Lipinski definition) is 2. The van der Waals surface area contributed by atoms with Gasteiger partial charge in [-0.2, -0.15) is 0 Å². The highest BCUT2D eigenvalue weighted by Gasteiger charge is 2.06. The van der Waals surface area contributed by atoms with Crippen molar-refractivity contribution < 1.29 is 9.47 Å². The molecule has 0 aromatic heterocycles. The van der Waals surface area contributed by atoms with Gasteiger partial charge >= 0.3 is 0 Å². The molecule has 0 spiro atoms. The molecular weight excluding hydrogens is 334 g/mol. The summed E-state index contributed by atoms with van der Waals surface area (Å²) in [6.07, 6.45) is 1.05. The molecule has 6 heteroatoms. The first-order valence-corrected chi connectivity index (χ1v) is 9.13. The summed E-state index contributed by atoms with van der Waals surface area (Å²) in [7, 11) is 5.01. The van der Waals surface area contributed by atoms with Crippen LogP contribution in [0.25, 0.3) is 0 Å². The van der Waals surface area contributed by atoms with Crippen LogP contribution in [0, 0.1) is 0 Å². The quantitative estimate of drug-likeness (QED) is 0.324. The summed E-state index contributed by atoms with van der Waals surface area (Å²) in [6.45, 7) is 0.854. The number of hydrogen-bond acceptors (Lipinski definition) is 4. The van der Waals surface area contributed by atoms with Crippen molar-refractivity contribution in [3.05, 3.63) is 48.5 Å². The molecule has 0 unspecified atom stereocenters. The average molecular weight is 359 g/mol. The van der Waals surface area contributed by atoms with Crippen molar-refractivity contribution in [2.45, 2.75) is 11.3 Å². The Morgan fingerprint density at radius 2 is 1.80 bits per heavy atom. The van der Waals surface area contributed by atoms with Gasteiger partial charge in [0.1, 0.15) is 0 Å². The van der Waals surface area contributed by atoms with Gasteiger partial charge in [0, 0.05) is 30.2 Å². The minimum atomic E-state index is 0.683. The lowest BCUT2D eigenvalue weighted by molar-refractivity contribution is 0.355. The maximum absolute atomic E-state index is 5.32. The number of benzene rings is 2. The Morgan fingerprint density at radius 1 is 1.04 bits per heavy atom. The standard InChI is InChI=1S/C19H25N3O2S/c1-20-19(21-12-7-13-25-16-8-5-4-6-9-16)22-15-10-11-17(23-2)18(14-15)24-3/h4-6,8-11,14H,7,12-13H2,1-3H3,(H2,20,21,22). The van der Waals surface area contributed by atoms with Gasteiger partial charge in [0.2, 0.25) is 0 Å². The molecule has 2 aromatic carbocycles. The van der Waals surface area contributed by atoms with E-state index in [0.717, 1.165) is 30.4 Å². The zero-order valence-electron chi connectivity index (χ0n) is 14.9. The third-order valence-electron chi connectivity index (χ3n) is 3.50. The SMILES string of the molecule is CN=C(NCCCSc1ccccc1)Nc1ccc(OC)c(OC)c1. The molecule has 134 valence electrons. The Kier molecular flexibility index (Phi) is 7.98. The number of guanidine groups is 1. The number of rotatable bonds is 8. The number of anilines is 1. The first-order chi connectivity index (χ1) is 12.3. The highest BCUT2D eigenvalue weighted by Crippen LogP contribution is 2.29. The minimum Gasteiger partial charge on any atom is -0.493 e. The lowest BCUT2D eigenvalue weighted by Gasteiger charge is -2.14. The number of nitrogens with one attached hydrogen (secondary N) is 2. The summed E-state index contributed by atoms with van der Waals surface area (Å²) < 4.78 is 10.6. The second-order valence-electron chi connectivity index (χ2n) is 5.21. The summed E-state index contributed by atoms with van der Waals surface area (Å²) in [6, 6.07) is 16.1. The van der Waals surface area contributed by atoms with Gasteiger partial charge in [0.25, 0.3) is 0 Å². The van der Waals surface area contributed by atoms with Crippen LogP contribution in [0.4, 0.5) is 5.69 Å². The second kappa shape index (κ2) is 10.5. The fourth-order valence-electron chi connectivity index (χ4n) is 2.22. The third kappa shape index (κ3) is 6.23. The van der Waals surface area contributed by atoms with Gasteiger partial charge in [-0.25, -0.2) is 0 Å². The average Bonchev–Trinajstić information content (AvgIpc) is 2.67. The predicted octanol–water partition coefficient (Wildman–Crippen LogP) is 3.87. The molecule has 0 saturated heterocycles. The Balaban J connectivity index is 1.77. The van der Waals surface area contributed by atoms with E-state index >= 15 is 0 Å². The van der Waals surface area contributed by atoms with Gasteiger partial charge in [-0.1, -0.05) is 18.2 Å². The van der Waals surface area contributed by atoms with Gasteiger partial charge in [-0.15, -0.1) is 11.8 Å². The van der Waals surface area contributed by atoms with E-state index in [0.29, 0.717) is 11.5 Å². The molecule has 0 bridgehead atoms. The van der Waals surface area contributed by atoms with Crippen LogP contribution in [-0.4, -0.2) is 39.5 Å². The summed E-state index contributed by atoms with van der Waals surface area (Å²) in [4.78, 5) is 5.55. The van der Waals surface area contributed by atoms with Crippen molar-refractivity contribution in [2.75, 3.05) is 38.9 Å². The molecule has 0 fully saturated rings. The van der Waals surface area contributed by atoms with E-state index < -0.39 is 0 Å². The first-order valence-electron chi connectivity index (χ1n) is 8.14. The zero-order valence-corrected chi connectivity index (χ0v) is 15.7. The van der Waals surface area contributed by atoms with E-state index in [4.69, 9.17) is 9.47 Å². The molecule has 0 aliphatic heterocycles. The van der Waals surface area contributed by atoms with Crippen LogP contribution < -0.4 is 20.1 Å². The van der Waals surface area contributed by atoms with Crippen LogP contribution in [0.5, 0.6) is 11.5 Å². The zero-order chi connectivity index (χ0) is 17.9. The van der Waals surface area contributed by atoms with Crippen molar-refractivity contribution in [1.82, 2.24) is 5.32 Å². The molecule has 0 radical (unpaired) electrons. The maximum Gasteiger partial charge on any atom is 0.195 e. The molecule has 0 aliphatic rings. The van der Waals surface area contributed by atoms with E-state index in [1.807, 2.05) is 36.0 Å². The predicted molar refractivity (Wildman–Crippen MR) is 106 cm³/mol. The number of thioether (sulfide) groups is 1. The molecule has 25 heavy (non-hydrogen) atoms. The van der Waals surface area contributed by atoms with Crippen LogP contribution in [0.15, 0.2) is 58.4 Å². The Bertz CT molecular complexity index is 678. The molecule has 0 aliphatic carbocycles. The largest absolute Gasteiger partial charge is 0.493 e. The summed E-state index contributed by atoms with van der Waals surface area (Å²) in [5, 5.41) is 6.58. The Labute approximate surface area is 153 Å². The molecule has 0 heterocycles. The topological polar surface area (TPSA) is 54.9 Å². The van der Waals surface area contributed by atoms with Crippen molar-refractivity contribution in [3.63, 3.8) is 0 Å². The van der Waals surface area contributed by atoms with Crippen LogP contribution in [0.2, 0.25) is 0 Å². The van der Waals surface area contributed by atoms with E-state index in [1.165, 1.54) is 4.90 Å². The van der Waals surface area contributed by atoms with Crippen LogP contribution in [0.3, 0.4) is 0 Å². The number of aliphatic imine (C=N–C) groups is 1. The van der Waals surface area contributed by atoms with Crippen molar-refractivity contribution >= 4 is 23.4 Å². The normalized spacial score (nSPS) is 11.1. The monoisotopic (exact) mass is 359 g/mol. The van der Waals surface area contributed by atoms with Crippen LogP contribution in [0.1, 0.15) is 6.42 Å². The van der Waals surface area contributed by atoms with Gasteiger partial charge in [0.15, 0.2) is 17.5 Å². The maximum atomic E-state index is 5.32. The van der Waals surface area contributed by atoms with Crippen molar-refractivity contribution in [2.24, 2.45) is 4.99 Å². The smallest absolute Gasteiger partial charge is 0.195 e. The van der Waals surface area contributed by atoms with Crippen LogP contribution in [-0.2, 0) is 0 Å². The molecular formula is C19H25N3O2S. The third-order valence-corrected chi connectivity index (χ3v) is 4.59. The molecule has 2 aromatic rings. The first kappa shape index (κ1) is 19.0. The van der Waals surface area contributed by atoms with Crippen molar-refractivity contribution in [3.8, 4) is 11.5 Å². The molecule has 2 N–H and O–H groups in total. The fraction of sp³-hybridized carbons (Fsp3) is 0.316. The minimum absolute atomic E-state index is 0.683. The second-order valence-corrected chi connectivity index (χ2v) is 6.38. The summed E-state index contributed by atoms with van der Waals surface area (Å²) in [5.41, 5.74) is 0.893. The lowest BCUT2D eigenvalue weighted by atomic mass is 10.3. The van der Waals surface area contributed by atoms with E-state index in [2.05, 4.69) is 39.9 Å². The van der Waals surface area contributed by atoms with E-state index in [9.17, 15) is 0 Å². The van der Waals surface area contributed by atoms with Gasteiger partial charge in [0.05, 0.1) is 14.2 Å². The van der Waals surface area contributed by atoms with E-state index in [-0.39, 0.29) is 0 Å². The van der Waals surface area contributed by atoms with Gasteiger partial charge in [-0.3, -0.25) is 4.99 Å². The highest BCUT2D eigenvalue weighted by molar-refractivity contribution is 7.99. The molecule has 0 amide bonds. The molecule has 5 nitrogen and oxygen atoms in total. The van der Waals surface area contributed by atoms with Gasteiger partial charge < -0.3 is 20.1 Å². The number of nitrogens with zero attached hydrogens (tertiary/aromatic N) is 1. The Hall–Kier alpha value is -2.34. The highest BCUT2D eigenvalue weighted by atomic mass is 32.2. The number of ether oxygens (including phenoxy) is 2. The van der Waals surface area contributed by atoms with E-state index in [1.54, 1.807) is 21.3 Å². The van der Waals surface area contributed by atoms with Crippen molar-refractivity contribution in [1.29, 1.82) is 0 Å². The fourth-order valence-corrected chi connectivity index (χ4v) is 3.09. The van der Waals surface area contributed by atoms with Crippen LogP contribution >= 0.6 is 11.8 Å². The Morgan fingerprint density at radius 3 is 2.48 bits per heavy atom. The van der Waals surface area contributed by atoms with Gasteiger partial charge in [-0.05, 0) is 36.4 Å². The molecule has 0 saturated carbocycles. The summed E-state index contributed by atoms with van der Waals surface area (Å²) in [5.74, 6) is 3.18. The summed E-state index contributed by atoms with van der Waals surface area (Å²) >= 11 is 1.86. The molecule has 2 rings (SSSR count). The lowest BCUT2D eigenvalue weighted by Crippen LogP contribution is -2.31.